The summed E-state index contributed by atoms with van der Waals surface area (Å²) in [5, 5.41) is 2.83. The lowest BCUT2D eigenvalue weighted by atomic mass is 9.69. The van der Waals surface area contributed by atoms with Gasteiger partial charge in [-0.2, -0.15) is 0 Å². The highest BCUT2D eigenvalue weighted by Crippen LogP contribution is 2.40. The summed E-state index contributed by atoms with van der Waals surface area (Å²) in [5.41, 5.74) is 0.344. The largest absolute Gasteiger partial charge is 0.354 e. The molecule has 0 aromatic carbocycles. The predicted octanol–water partition coefficient (Wildman–Crippen LogP) is 2.19. The van der Waals surface area contributed by atoms with E-state index in [-0.39, 0.29) is 24.3 Å². The molecule has 0 bridgehead atoms. The molecule has 1 saturated heterocycles. The molecule has 0 spiro atoms. The molecule has 114 valence electrons. The topological polar surface area (TPSA) is 49.4 Å². The van der Waals surface area contributed by atoms with E-state index in [0.29, 0.717) is 12.0 Å². The van der Waals surface area contributed by atoms with Gasteiger partial charge in [0, 0.05) is 19.0 Å². The third kappa shape index (κ3) is 3.74. The van der Waals surface area contributed by atoms with E-state index in [1.807, 2.05) is 0 Å². The molecule has 4 nitrogen and oxygen atoms in total. The monoisotopic (exact) mass is 280 g/mol. The highest BCUT2D eigenvalue weighted by molar-refractivity contribution is 5.86. The molecule has 1 saturated carbocycles. The maximum atomic E-state index is 12.6. The van der Waals surface area contributed by atoms with E-state index < -0.39 is 0 Å². The minimum atomic E-state index is -0.0146. The second-order valence-corrected chi connectivity index (χ2v) is 7.38. The van der Waals surface area contributed by atoms with Gasteiger partial charge in [0.25, 0.3) is 0 Å². The van der Waals surface area contributed by atoms with Crippen LogP contribution in [0.3, 0.4) is 0 Å². The van der Waals surface area contributed by atoms with E-state index in [4.69, 9.17) is 0 Å². The molecule has 2 rings (SSSR count). The van der Waals surface area contributed by atoms with Gasteiger partial charge in [0.05, 0.1) is 6.54 Å². The number of nitrogens with zero attached hydrogens (tertiary/aromatic N) is 1. The smallest absolute Gasteiger partial charge is 0.239 e. The molecule has 0 unspecified atom stereocenters. The fraction of sp³-hybridized carbons (Fsp3) is 0.875. The Hall–Kier alpha value is -1.06. The van der Waals surface area contributed by atoms with Gasteiger partial charge in [-0.05, 0) is 43.4 Å². The Labute approximate surface area is 122 Å². The lowest BCUT2D eigenvalue weighted by molar-refractivity contribution is -0.140. The van der Waals surface area contributed by atoms with Crippen LogP contribution >= 0.6 is 0 Å². The zero-order chi connectivity index (χ0) is 14.8. The standard InChI is InChI=1S/C16H28N2O2/c1-16(2,3)13-7-5-12(6-8-13)15(20)18-10-4-9-17-14(19)11-18/h12-13H,4-11H2,1-3H3,(H,17,19). The van der Waals surface area contributed by atoms with E-state index in [1.165, 1.54) is 0 Å². The number of carbonyl (C=O) groups is 2. The van der Waals surface area contributed by atoms with E-state index in [9.17, 15) is 9.59 Å². The highest BCUT2D eigenvalue weighted by atomic mass is 16.2. The van der Waals surface area contributed by atoms with E-state index in [2.05, 4.69) is 26.1 Å². The number of carbonyl (C=O) groups excluding carboxylic acids is 2. The molecule has 2 aliphatic rings. The minimum Gasteiger partial charge on any atom is -0.354 e. The van der Waals surface area contributed by atoms with Crippen LogP contribution in [0.1, 0.15) is 52.9 Å². The van der Waals surface area contributed by atoms with Crippen molar-refractivity contribution in [2.24, 2.45) is 17.3 Å². The van der Waals surface area contributed by atoms with Crippen molar-refractivity contribution in [2.75, 3.05) is 19.6 Å². The molecular formula is C16H28N2O2. The summed E-state index contributed by atoms with van der Waals surface area (Å²) in [6.07, 6.45) is 5.12. The van der Waals surface area contributed by atoms with Crippen molar-refractivity contribution in [3.05, 3.63) is 0 Å². The lowest BCUT2D eigenvalue weighted by Crippen LogP contribution is -2.42. The minimum absolute atomic E-state index is 0.0146. The van der Waals surface area contributed by atoms with Crippen molar-refractivity contribution in [2.45, 2.75) is 52.9 Å². The normalized spacial score (nSPS) is 28.8. The zero-order valence-corrected chi connectivity index (χ0v) is 13.1. The number of amides is 2. The van der Waals surface area contributed by atoms with Gasteiger partial charge in [0.15, 0.2) is 0 Å². The zero-order valence-electron chi connectivity index (χ0n) is 13.1. The maximum Gasteiger partial charge on any atom is 0.239 e. The number of hydrogen-bond donors (Lipinski definition) is 1. The molecule has 2 fully saturated rings. The first-order valence-electron chi connectivity index (χ1n) is 7.93. The van der Waals surface area contributed by atoms with Crippen LogP contribution in [-0.4, -0.2) is 36.3 Å². The van der Waals surface area contributed by atoms with Crippen molar-refractivity contribution in [1.82, 2.24) is 10.2 Å². The summed E-state index contributed by atoms with van der Waals surface area (Å²) in [6.45, 7) is 8.53. The Kier molecular flexibility index (Phi) is 4.71. The summed E-state index contributed by atoms with van der Waals surface area (Å²) in [7, 11) is 0. The summed E-state index contributed by atoms with van der Waals surface area (Å²) in [5.74, 6) is 1.05. The van der Waals surface area contributed by atoms with Gasteiger partial charge in [-0.15, -0.1) is 0 Å². The van der Waals surface area contributed by atoms with Gasteiger partial charge < -0.3 is 10.2 Å². The van der Waals surface area contributed by atoms with Crippen molar-refractivity contribution in [1.29, 1.82) is 0 Å². The van der Waals surface area contributed by atoms with Crippen molar-refractivity contribution in [3.63, 3.8) is 0 Å². The Bertz CT molecular complexity index is 365. The maximum absolute atomic E-state index is 12.6. The molecule has 0 aromatic rings. The lowest BCUT2D eigenvalue weighted by Gasteiger charge is -2.37. The second kappa shape index (κ2) is 6.15. The highest BCUT2D eigenvalue weighted by Gasteiger charge is 2.34. The van der Waals surface area contributed by atoms with Crippen LogP contribution in [0.4, 0.5) is 0 Å². The predicted molar refractivity (Wildman–Crippen MR) is 79.1 cm³/mol. The van der Waals surface area contributed by atoms with Gasteiger partial charge in [-0.3, -0.25) is 9.59 Å². The molecule has 1 N–H and O–H groups in total. The first-order chi connectivity index (χ1) is 9.38. The molecule has 1 aliphatic carbocycles. The van der Waals surface area contributed by atoms with Crippen LogP contribution in [0.5, 0.6) is 0 Å². The Morgan fingerprint density at radius 2 is 1.85 bits per heavy atom. The van der Waals surface area contributed by atoms with Crippen LogP contribution in [0.25, 0.3) is 0 Å². The molecule has 0 aromatic heterocycles. The van der Waals surface area contributed by atoms with Crippen molar-refractivity contribution in [3.8, 4) is 0 Å². The third-order valence-corrected chi connectivity index (χ3v) is 4.87. The second-order valence-electron chi connectivity index (χ2n) is 7.38. The van der Waals surface area contributed by atoms with Gasteiger partial charge in [0.2, 0.25) is 11.8 Å². The van der Waals surface area contributed by atoms with Crippen molar-refractivity contribution < 1.29 is 9.59 Å². The van der Waals surface area contributed by atoms with Crippen LogP contribution in [-0.2, 0) is 9.59 Å². The molecule has 20 heavy (non-hydrogen) atoms. The molecular weight excluding hydrogens is 252 g/mol. The van der Waals surface area contributed by atoms with E-state index in [1.54, 1.807) is 4.90 Å². The average Bonchev–Trinajstić information content (AvgIpc) is 2.62. The Morgan fingerprint density at radius 3 is 2.45 bits per heavy atom. The average molecular weight is 280 g/mol. The fourth-order valence-electron chi connectivity index (χ4n) is 3.46. The molecule has 2 amide bonds. The van der Waals surface area contributed by atoms with Crippen molar-refractivity contribution >= 4 is 11.8 Å². The first kappa shape index (κ1) is 15.3. The van der Waals surface area contributed by atoms with E-state index in [0.717, 1.165) is 44.6 Å². The fourth-order valence-corrected chi connectivity index (χ4v) is 3.46. The third-order valence-electron chi connectivity index (χ3n) is 4.87. The van der Waals surface area contributed by atoms with Gasteiger partial charge in [-0.25, -0.2) is 0 Å². The molecule has 1 heterocycles. The number of hydrogen-bond acceptors (Lipinski definition) is 2. The SMILES string of the molecule is CC(C)(C)C1CCC(C(=O)N2CCCNC(=O)C2)CC1. The molecule has 4 heteroatoms. The molecule has 1 aliphatic heterocycles. The van der Waals surface area contributed by atoms with E-state index >= 15 is 0 Å². The number of nitrogens with one attached hydrogen (secondary N) is 1. The van der Waals surface area contributed by atoms with Gasteiger partial charge in [-0.1, -0.05) is 20.8 Å². The summed E-state index contributed by atoms with van der Waals surface area (Å²) >= 11 is 0. The van der Waals surface area contributed by atoms with Gasteiger partial charge >= 0.3 is 0 Å². The van der Waals surface area contributed by atoms with Crippen LogP contribution < -0.4 is 5.32 Å². The van der Waals surface area contributed by atoms with Crippen LogP contribution in [0.15, 0.2) is 0 Å². The van der Waals surface area contributed by atoms with Gasteiger partial charge in [0.1, 0.15) is 0 Å². The molecule has 0 radical (unpaired) electrons. The molecule has 0 atom stereocenters. The van der Waals surface area contributed by atoms with Crippen LogP contribution in [0.2, 0.25) is 0 Å². The number of rotatable bonds is 1. The quantitative estimate of drug-likeness (QED) is 0.800. The summed E-state index contributed by atoms with van der Waals surface area (Å²) in [6, 6.07) is 0. The first-order valence-corrected chi connectivity index (χ1v) is 7.93. The summed E-state index contributed by atoms with van der Waals surface area (Å²) in [4.78, 5) is 25.9. The Morgan fingerprint density at radius 1 is 1.20 bits per heavy atom. The summed E-state index contributed by atoms with van der Waals surface area (Å²) < 4.78 is 0. The Balaban J connectivity index is 1.89. The van der Waals surface area contributed by atoms with Crippen LogP contribution in [0, 0.1) is 17.3 Å².